The molecule has 0 spiro atoms. The van der Waals surface area contributed by atoms with Gasteiger partial charge in [0, 0.05) is 13.7 Å². The third-order valence-corrected chi connectivity index (χ3v) is 2.42. The summed E-state index contributed by atoms with van der Waals surface area (Å²) in [5.41, 5.74) is 4.33. The minimum atomic E-state index is 0. The Bertz CT molecular complexity index is 283. The Morgan fingerprint density at radius 2 is 2.42 bits per heavy atom. The second kappa shape index (κ2) is 3.18. The van der Waals surface area contributed by atoms with Crippen molar-refractivity contribution in [3.63, 3.8) is 0 Å². The van der Waals surface area contributed by atoms with E-state index < -0.39 is 0 Å². The molecule has 1 heteroatoms. The number of hydrogen-bond donors (Lipinski definition) is 1. The summed E-state index contributed by atoms with van der Waals surface area (Å²) in [4.78, 5) is 0. The first-order valence-corrected chi connectivity index (χ1v) is 4.76. The predicted molar refractivity (Wildman–Crippen MR) is 54.7 cm³/mol. The van der Waals surface area contributed by atoms with Crippen LogP contribution in [0.2, 0.25) is 0 Å². The highest BCUT2D eigenvalue weighted by Gasteiger charge is 2.08. The van der Waals surface area contributed by atoms with E-state index in [4.69, 9.17) is 0 Å². The molecule has 0 aliphatic carbocycles. The minimum absolute atomic E-state index is 0. The Hall–Kier alpha value is -0.980. The first kappa shape index (κ1) is 7.66. The van der Waals surface area contributed by atoms with Crippen LogP contribution in [-0.2, 0) is 12.8 Å². The second-order valence-corrected chi connectivity index (χ2v) is 3.42. The van der Waals surface area contributed by atoms with Crippen LogP contribution in [0.15, 0.2) is 18.2 Å². The lowest BCUT2D eigenvalue weighted by Crippen LogP contribution is -1.90. The lowest BCUT2D eigenvalue weighted by Gasteiger charge is -2.02. The predicted octanol–water partition coefficient (Wildman–Crippen LogP) is 2.85. The van der Waals surface area contributed by atoms with E-state index >= 15 is 0 Å². The van der Waals surface area contributed by atoms with Gasteiger partial charge in [-0.05, 0) is 30.0 Å². The molecule has 0 fully saturated rings. The van der Waals surface area contributed by atoms with Gasteiger partial charge in [-0.1, -0.05) is 25.5 Å². The van der Waals surface area contributed by atoms with Crippen molar-refractivity contribution >= 4 is 5.69 Å². The van der Waals surface area contributed by atoms with Gasteiger partial charge in [0.1, 0.15) is 0 Å². The van der Waals surface area contributed by atoms with Crippen molar-refractivity contribution in [1.82, 2.24) is 0 Å². The minimum Gasteiger partial charge on any atom is -0.384 e. The molecule has 1 nitrogen and oxygen atoms in total. The summed E-state index contributed by atoms with van der Waals surface area (Å²) in [7, 11) is 0. The molecular formula is C11H17N. The molecule has 0 saturated heterocycles. The number of aryl methyl sites for hydroxylation is 1. The summed E-state index contributed by atoms with van der Waals surface area (Å²) in [6, 6.07) is 6.80. The summed E-state index contributed by atoms with van der Waals surface area (Å²) >= 11 is 0. The van der Waals surface area contributed by atoms with Crippen LogP contribution in [0.4, 0.5) is 5.69 Å². The molecule has 0 bridgehead atoms. The van der Waals surface area contributed by atoms with Crippen LogP contribution in [0.25, 0.3) is 0 Å². The molecule has 0 saturated carbocycles. The van der Waals surface area contributed by atoms with Crippen molar-refractivity contribution in [2.75, 3.05) is 11.9 Å². The summed E-state index contributed by atoms with van der Waals surface area (Å²) in [5, 5.41) is 3.37. The summed E-state index contributed by atoms with van der Waals surface area (Å²) < 4.78 is 0. The molecular weight excluding hydrogens is 146 g/mol. The first-order chi connectivity index (χ1) is 5.90. The Kier molecular flexibility index (Phi) is 2.03. The molecule has 0 radical (unpaired) electrons. The maximum atomic E-state index is 3.37. The standard InChI is InChI=1S/C11H15N.H2/c1-2-3-9-4-5-11-10(8-9)6-7-12-11;/h4-5,8,12H,2-3,6-7H2,1H3;1H. The van der Waals surface area contributed by atoms with E-state index in [0.29, 0.717) is 0 Å². The van der Waals surface area contributed by atoms with Crippen LogP contribution in [0.5, 0.6) is 0 Å². The maximum Gasteiger partial charge on any atom is 0.0373 e. The Balaban J connectivity index is 0.000000845. The highest BCUT2D eigenvalue weighted by Crippen LogP contribution is 2.23. The van der Waals surface area contributed by atoms with Crippen molar-refractivity contribution in [2.24, 2.45) is 0 Å². The third kappa shape index (κ3) is 1.31. The van der Waals surface area contributed by atoms with Crippen LogP contribution in [-0.4, -0.2) is 6.54 Å². The quantitative estimate of drug-likeness (QED) is 0.707. The summed E-state index contributed by atoms with van der Waals surface area (Å²) in [5.74, 6) is 0. The molecule has 1 aromatic rings. The molecule has 1 heterocycles. The topological polar surface area (TPSA) is 12.0 Å². The van der Waals surface area contributed by atoms with Gasteiger partial charge in [0.2, 0.25) is 0 Å². The molecule has 2 rings (SSSR count). The Morgan fingerprint density at radius 1 is 1.50 bits per heavy atom. The van der Waals surface area contributed by atoms with E-state index in [2.05, 4.69) is 30.4 Å². The van der Waals surface area contributed by atoms with Gasteiger partial charge in [-0.2, -0.15) is 0 Å². The number of hydrogen-bond acceptors (Lipinski definition) is 1. The van der Waals surface area contributed by atoms with Gasteiger partial charge in [0.05, 0.1) is 0 Å². The Labute approximate surface area is 75.3 Å². The average molecular weight is 163 g/mol. The van der Waals surface area contributed by atoms with Crippen LogP contribution < -0.4 is 5.32 Å². The van der Waals surface area contributed by atoms with Gasteiger partial charge < -0.3 is 5.32 Å². The maximum absolute atomic E-state index is 3.37. The van der Waals surface area contributed by atoms with Gasteiger partial charge >= 0.3 is 0 Å². The normalized spacial score (nSPS) is 14.1. The fraction of sp³-hybridized carbons (Fsp3) is 0.455. The molecule has 1 aliphatic rings. The van der Waals surface area contributed by atoms with E-state index in [0.717, 1.165) is 6.54 Å². The molecule has 0 amide bonds. The Morgan fingerprint density at radius 3 is 3.25 bits per heavy atom. The van der Waals surface area contributed by atoms with Gasteiger partial charge in [-0.3, -0.25) is 0 Å². The van der Waals surface area contributed by atoms with Gasteiger partial charge in [-0.15, -0.1) is 0 Å². The number of fused-ring (bicyclic) bond motifs is 1. The highest BCUT2D eigenvalue weighted by atomic mass is 14.9. The second-order valence-electron chi connectivity index (χ2n) is 3.42. The van der Waals surface area contributed by atoms with Crippen molar-refractivity contribution in [1.29, 1.82) is 0 Å². The summed E-state index contributed by atoms with van der Waals surface area (Å²) in [6.45, 7) is 3.34. The molecule has 1 N–H and O–H groups in total. The van der Waals surface area contributed by atoms with Crippen LogP contribution in [0, 0.1) is 0 Å². The van der Waals surface area contributed by atoms with Crippen molar-refractivity contribution in [3.05, 3.63) is 29.3 Å². The smallest absolute Gasteiger partial charge is 0.0373 e. The van der Waals surface area contributed by atoms with Crippen LogP contribution in [0.3, 0.4) is 0 Å². The molecule has 66 valence electrons. The largest absolute Gasteiger partial charge is 0.384 e. The summed E-state index contributed by atoms with van der Waals surface area (Å²) in [6.07, 6.45) is 3.66. The van der Waals surface area contributed by atoms with Gasteiger partial charge in [-0.25, -0.2) is 0 Å². The SMILES string of the molecule is CCCc1ccc2c(c1)CCN2.[HH]. The number of nitrogens with one attached hydrogen (secondary N) is 1. The van der Waals surface area contributed by atoms with Crippen molar-refractivity contribution in [2.45, 2.75) is 26.2 Å². The lowest BCUT2D eigenvalue weighted by molar-refractivity contribution is 0.919. The highest BCUT2D eigenvalue weighted by molar-refractivity contribution is 5.56. The zero-order chi connectivity index (χ0) is 8.39. The van der Waals surface area contributed by atoms with E-state index in [1.54, 1.807) is 0 Å². The van der Waals surface area contributed by atoms with Gasteiger partial charge in [0.15, 0.2) is 0 Å². The number of anilines is 1. The van der Waals surface area contributed by atoms with Crippen molar-refractivity contribution in [3.8, 4) is 0 Å². The first-order valence-electron chi connectivity index (χ1n) is 4.76. The molecule has 1 aromatic carbocycles. The van der Waals surface area contributed by atoms with Crippen LogP contribution in [0.1, 0.15) is 25.9 Å². The fourth-order valence-corrected chi connectivity index (χ4v) is 1.80. The number of benzene rings is 1. The molecule has 0 atom stereocenters. The molecule has 12 heavy (non-hydrogen) atoms. The fourth-order valence-electron chi connectivity index (χ4n) is 1.80. The zero-order valence-electron chi connectivity index (χ0n) is 7.56. The third-order valence-electron chi connectivity index (χ3n) is 2.42. The van der Waals surface area contributed by atoms with Gasteiger partial charge in [0.25, 0.3) is 0 Å². The van der Waals surface area contributed by atoms with E-state index in [1.165, 1.54) is 36.1 Å². The number of rotatable bonds is 2. The monoisotopic (exact) mass is 163 g/mol. The van der Waals surface area contributed by atoms with E-state index in [1.807, 2.05) is 0 Å². The molecule has 0 aromatic heterocycles. The van der Waals surface area contributed by atoms with E-state index in [9.17, 15) is 0 Å². The zero-order valence-corrected chi connectivity index (χ0v) is 7.56. The van der Waals surface area contributed by atoms with E-state index in [-0.39, 0.29) is 1.43 Å². The van der Waals surface area contributed by atoms with Crippen LogP contribution >= 0.6 is 0 Å². The van der Waals surface area contributed by atoms with Crippen molar-refractivity contribution < 1.29 is 1.43 Å². The molecule has 1 aliphatic heterocycles. The average Bonchev–Trinajstić information content (AvgIpc) is 2.51. The lowest BCUT2D eigenvalue weighted by atomic mass is 10.1. The molecule has 0 unspecified atom stereocenters.